The molecule has 100 valence electrons. The van der Waals surface area contributed by atoms with Crippen LogP contribution in [0.3, 0.4) is 0 Å². The number of benzene rings is 1. The summed E-state index contributed by atoms with van der Waals surface area (Å²) in [6, 6.07) is 7.44. The number of likely N-dealkylation sites (N-methyl/N-ethyl adjacent to an activating group) is 1. The normalized spacial score (nSPS) is 23.3. The maximum Gasteiger partial charge on any atom is 0.123 e. The van der Waals surface area contributed by atoms with Crippen molar-refractivity contribution in [3.8, 4) is 0 Å². The average molecular weight is 268 g/mol. The smallest absolute Gasteiger partial charge is 0.123 e. The van der Waals surface area contributed by atoms with Gasteiger partial charge in [0.05, 0.1) is 0 Å². The summed E-state index contributed by atoms with van der Waals surface area (Å²) in [6.45, 7) is 1.99. The van der Waals surface area contributed by atoms with Crippen LogP contribution in [0.1, 0.15) is 24.9 Å². The minimum absolute atomic E-state index is 0.0117. The van der Waals surface area contributed by atoms with E-state index in [1.807, 2.05) is 24.8 Å². The Morgan fingerprint density at radius 2 is 2.28 bits per heavy atom. The Kier molecular flexibility index (Phi) is 4.65. The number of rotatable bonds is 4. The van der Waals surface area contributed by atoms with E-state index < -0.39 is 0 Å². The molecule has 4 heteroatoms. The predicted molar refractivity (Wildman–Crippen MR) is 76.3 cm³/mol. The summed E-state index contributed by atoms with van der Waals surface area (Å²) in [5, 5.41) is 0. The highest BCUT2D eigenvalue weighted by Gasteiger charge is 2.29. The third-order valence-electron chi connectivity index (χ3n) is 3.61. The van der Waals surface area contributed by atoms with Crippen LogP contribution in [0, 0.1) is 5.82 Å². The van der Waals surface area contributed by atoms with Crippen molar-refractivity contribution in [2.24, 2.45) is 5.73 Å². The molecule has 1 saturated heterocycles. The molecule has 1 aromatic carbocycles. The van der Waals surface area contributed by atoms with Gasteiger partial charge in [0.2, 0.25) is 0 Å². The Hall–Kier alpha value is -0.580. The number of hydrogen-bond acceptors (Lipinski definition) is 3. The average Bonchev–Trinajstić information content (AvgIpc) is 2.82. The van der Waals surface area contributed by atoms with Crippen molar-refractivity contribution in [1.82, 2.24) is 4.90 Å². The van der Waals surface area contributed by atoms with Gasteiger partial charge >= 0.3 is 0 Å². The summed E-state index contributed by atoms with van der Waals surface area (Å²) in [7, 11) is 2.11. The van der Waals surface area contributed by atoms with Crippen LogP contribution in [-0.2, 0) is 0 Å². The van der Waals surface area contributed by atoms with E-state index in [4.69, 9.17) is 5.73 Å². The van der Waals surface area contributed by atoms with Gasteiger partial charge in [0, 0.05) is 23.9 Å². The first-order chi connectivity index (χ1) is 8.59. The van der Waals surface area contributed by atoms with Crippen molar-refractivity contribution in [1.29, 1.82) is 0 Å². The molecule has 0 bridgehead atoms. The van der Waals surface area contributed by atoms with E-state index in [9.17, 15) is 4.39 Å². The molecule has 2 rings (SSSR count). The summed E-state index contributed by atoms with van der Waals surface area (Å²) in [5.74, 6) is 2.17. The molecule has 3 atom stereocenters. The number of thioether (sulfide) groups is 1. The summed E-state index contributed by atoms with van der Waals surface area (Å²) in [6.07, 6.45) is 1.19. The largest absolute Gasteiger partial charge is 0.326 e. The van der Waals surface area contributed by atoms with Crippen LogP contribution in [0.5, 0.6) is 0 Å². The van der Waals surface area contributed by atoms with Gasteiger partial charge in [-0.25, -0.2) is 4.39 Å². The molecule has 0 aromatic heterocycles. The third kappa shape index (κ3) is 3.05. The van der Waals surface area contributed by atoms with Crippen LogP contribution in [0.4, 0.5) is 4.39 Å². The van der Waals surface area contributed by atoms with Crippen molar-refractivity contribution in [3.05, 3.63) is 35.6 Å². The Morgan fingerprint density at radius 3 is 2.83 bits per heavy atom. The SMILES string of the molecule is CC(N)C(c1cccc(F)c1)N(C)C1CCSC1. The molecule has 1 aliphatic rings. The molecule has 2 nitrogen and oxygen atoms in total. The van der Waals surface area contributed by atoms with Gasteiger partial charge in [0.1, 0.15) is 5.82 Å². The predicted octanol–water partition coefficient (Wildman–Crippen LogP) is 2.65. The van der Waals surface area contributed by atoms with Gasteiger partial charge in [-0.1, -0.05) is 12.1 Å². The van der Waals surface area contributed by atoms with E-state index in [-0.39, 0.29) is 17.9 Å². The Balaban J connectivity index is 2.22. The number of nitrogens with zero attached hydrogens (tertiary/aromatic N) is 1. The van der Waals surface area contributed by atoms with Gasteiger partial charge in [0.15, 0.2) is 0 Å². The molecule has 0 saturated carbocycles. The van der Waals surface area contributed by atoms with E-state index >= 15 is 0 Å². The highest BCUT2D eigenvalue weighted by molar-refractivity contribution is 7.99. The molecule has 0 radical (unpaired) electrons. The quantitative estimate of drug-likeness (QED) is 0.910. The molecule has 0 amide bonds. The summed E-state index contributed by atoms with van der Waals surface area (Å²) >= 11 is 1.98. The van der Waals surface area contributed by atoms with E-state index in [1.54, 1.807) is 12.1 Å². The topological polar surface area (TPSA) is 29.3 Å². The van der Waals surface area contributed by atoms with E-state index in [2.05, 4.69) is 11.9 Å². The molecule has 1 aromatic rings. The highest BCUT2D eigenvalue weighted by Crippen LogP contribution is 2.30. The molecule has 0 spiro atoms. The molecular formula is C14H21FN2S. The minimum atomic E-state index is -0.188. The number of halogens is 1. The van der Waals surface area contributed by atoms with Crippen LogP contribution in [0.2, 0.25) is 0 Å². The molecule has 18 heavy (non-hydrogen) atoms. The van der Waals surface area contributed by atoms with Gasteiger partial charge in [-0.15, -0.1) is 0 Å². The van der Waals surface area contributed by atoms with E-state index in [1.165, 1.54) is 18.2 Å². The van der Waals surface area contributed by atoms with Crippen LogP contribution in [-0.4, -0.2) is 35.5 Å². The minimum Gasteiger partial charge on any atom is -0.326 e. The first-order valence-corrected chi connectivity index (χ1v) is 7.56. The Labute approximate surface area is 113 Å². The zero-order valence-corrected chi connectivity index (χ0v) is 11.8. The second kappa shape index (κ2) is 6.04. The van der Waals surface area contributed by atoms with Crippen LogP contribution in [0.15, 0.2) is 24.3 Å². The fraction of sp³-hybridized carbons (Fsp3) is 0.571. The van der Waals surface area contributed by atoms with Crippen molar-refractivity contribution in [3.63, 3.8) is 0 Å². The molecule has 1 fully saturated rings. The number of nitrogens with two attached hydrogens (primary N) is 1. The van der Waals surface area contributed by atoms with Crippen molar-refractivity contribution >= 4 is 11.8 Å². The van der Waals surface area contributed by atoms with Crippen molar-refractivity contribution < 1.29 is 4.39 Å². The molecular weight excluding hydrogens is 247 g/mol. The fourth-order valence-corrected chi connectivity index (χ4v) is 3.95. The van der Waals surface area contributed by atoms with Gasteiger partial charge in [-0.05, 0) is 43.8 Å². The Morgan fingerprint density at radius 1 is 1.50 bits per heavy atom. The first kappa shape index (κ1) is 13.8. The zero-order valence-electron chi connectivity index (χ0n) is 11.0. The molecule has 1 heterocycles. The van der Waals surface area contributed by atoms with Crippen molar-refractivity contribution in [2.45, 2.75) is 31.5 Å². The molecule has 1 aliphatic heterocycles. The van der Waals surface area contributed by atoms with Crippen LogP contribution >= 0.6 is 11.8 Å². The zero-order chi connectivity index (χ0) is 13.1. The third-order valence-corrected chi connectivity index (χ3v) is 4.75. The van der Waals surface area contributed by atoms with E-state index in [0.29, 0.717) is 6.04 Å². The van der Waals surface area contributed by atoms with Gasteiger partial charge < -0.3 is 5.73 Å². The number of hydrogen-bond donors (Lipinski definition) is 1. The van der Waals surface area contributed by atoms with Crippen molar-refractivity contribution in [2.75, 3.05) is 18.6 Å². The first-order valence-electron chi connectivity index (χ1n) is 6.40. The second-order valence-electron chi connectivity index (χ2n) is 5.04. The summed E-state index contributed by atoms with van der Waals surface area (Å²) in [5.41, 5.74) is 7.09. The summed E-state index contributed by atoms with van der Waals surface area (Å²) in [4.78, 5) is 2.32. The lowest BCUT2D eigenvalue weighted by atomic mass is 9.97. The fourth-order valence-electron chi connectivity index (χ4n) is 2.67. The maximum atomic E-state index is 13.4. The molecule has 3 unspecified atom stereocenters. The lowest BCUT2D eigenvalue weighted by Gasteiger charge is -2.35. The van der Waals surface area contributed by atoms with Crippen LogP contribution < -0.4 is 5.73 Å². The molecule has 2 N–H and O–H groups in total. The lowest BCUT2D eigenvalue weighted by molar-refractivity contribution is 0.168. The second-order valence-corrected chi connectivity index (χ2v) is 6.19. The standard InChI is InChI=1S/C14H21FN2S/c1-10(16)14(11-4-3-5-12(15)8-11)17(2)13-6-7-18-9-13/h3-5,8,10,13-14H,6-7,9,16H2,1-2H3. The van der Waals surface area contributed by atoms with Crippen LogP contribution in [0.25, 0.3) is 0 Å². The van der Waals surface area contributed by atoms with Gasteiger partial charge in [-0.2, -0.15) is 11.8 Å². The Bertz CT molecular complexity index is 391. The van der Waals surface area contributed by atoms with E-state index in [0.717, 1.165) is 11.3 Å². The highest BCUT2D eigenvalue weighted by atomic mass is 32.2. The monoisotopic (exact) mass is 268 g/mol. The maximum absolute atomic E-state index is 13.4. The van der Waals surface area contributed by atoms with Gasteiger partial charge in [0.25, 0.3) is 0 Å². The summed E-state index contributed by atoms with van der Waals surface area (Å²) < 4.78 is 13.4. The van der Waals surface area contributed by atoms with Gasteiger partial charge in [-0.3, -0.25) is 4.90 Å². The lowest BCUT2D eigenvalue weighted by Crippen LogP contribution is -2.43. The molecule has 0 aliphatic carbocycles.